The second kappa shape index (κ2) is 15.2. The fourth-order valence-corrected chi connectivity index (χ4v) is 2.11. The molecular weight excluding hydrogens is 382 g/mol. The van der Waals surface area contributed by atoms with Crippen LogP contribution in [0.25, 0.3) is 0 Å². The molecule has 0 amide bonds. The van der Waals surface area contributed by atoms with Crippen LogP contribution < -0.4 is 118 Å². The van der Waals surface area contributed by atoms with E-state index < -0.39 is 6.16 Å². The first-order valence-electron chi connectivity index (χ1n) is 6.64. The SMILES string of the molecule is Cc1ccc(C)c(OCc2ccccc2CCl)c1.O=C([O-])[O-].[K+].[K+]. The van der Waals surface area contributed by atoms with E-state index in [2.05, 4.69) is 38.1 Å². The number of carbonyl (C=O) groups excluding carboxylic acids is 1. The van der Waals surface area contributed by atoms with Gasteiger partial charge in [-0.1, -0.05) is 36.4 Å². The first-order chi connectivity index (χ1) is 10.4. The molecule has 2 aromatic rings. The number of benzene rings is 2. The summed E-state index contributed by atoms with van der Waals surface area (Å²) in [6, 6.07) is 14.3. The van der Waals surface area contributed by atoms with Gasteiger partial charge in [0.15, 0.2) is 0 Å². The van der Waals surface area contributed by atoms with Crippen molar-refractivity contribution in [3.8, 4) is 5.75 Å². The average Bonchev–Trinajstić information content (AvgIpc) is 2.48. The van der Waals surface area contributed by atoms with Crippen LogP contribution >= 0.6 is 11.6 Å². The molecule has 4 nitrogen and oxygen atoms in total. The van der Waals surface area contributed by atoms with Crippen LogP contribution in [0.2, 0.25) is 0 Å². The van der Waals surface area contributed by atoms with Crippen LogP contribution in [-0.2, 0) is 12.5 Å². The maximum atomic E-state index is 8.33. The van der Waals surface area contributed by atoms with Gasteiger partial charge in [-0.3, -0.25) is 0 Å². The van der Waals surface area contributed by atoms with Gasteiger partial charge < -0.3 is 19.7 Å². The standard InChI is InChI=1S/C16H17ClO.CH2O3.2K/c1-12-7-8-13(2)16(9-12)18-11-15-6-4-3-5-14(15)10-17;2-1(3)4;;/h3-9H,10-11H2,1-2H3;(H2,2,3,4);;/q;;2*+1/p-2. The van der Waals surface area contributed by atoms with Crippen LogP contribution in [0.4, 0.5) is 4.79 Å². The second-order valence-corrected chi connectivity index (χ2v) is 4.98. The summed E-state index contributed by atoms with van der Waals surface area (Å²) in [5.41, 5.74) is 4.64. The molecule has 0 bridgehead atoms. The zero-order chi connectivity index (χ0) is 16.5. The van der Waals surface area contributed by atoms with E-state index in [1.165, 1.54) is 5.56 Å². The topological polar surface area (TPSA) is 72.4 Å². The fraction of sp³-hybridized carbons (Fsp3) is 0.235. The molecule has 0 saturated heterocycles. The molecular formula is C17H17ClK2O4. The van der Waals surface area contributed by atoms with E-state index in [1.54, 1.807) is 0 Å². The number of carboxylic acid groups (broad SMARTS) is 2. The Labute approximate surface area is 232 Å². The van der Waals surface area contributed by atoms with Gasteiger partial charge in [-0.15, -0.1) is 11.6 Å². The summed E-state index contributed by atoms with van der Waals surface area (Å²) in [5, 5.41) is 16.7. The van der Waals surface area contributed by atoms with Crippen molar-refractivity contribution in [1.82, 2.24) is 0 Å². The first kappa shape index (κ1) is 27.3. The molecule has 0 saturated carbocycles. The van der Waals surface area contributed by atoms with Crippen LogP contribution in [-0.4, -0.2) is 6.16 Å². The van der Waals surface area contributed by atoms with E-state index in [9.17, 15) is 0 Å². The minimum absolute atomic E-state index is 0. The number of ether oxygens (including phenoxy) is 1. The molecule has 0 radical (unpaired) electrons. The van der Waals surface area contributed by atoms with Gasteiger partial charge in [0.1, 0.15) is 12.4 Å². The summed E-state index contributed by atoms with van der Waals surface area (Å²) >= 11 is 5.91. The molecule has 0 fully saturated rings. The first-order valence-corrected chi connectivity index (χ1v) is 7.18. The summed E-state index contributed by atoms with van der Waals surface area (Å²) < 4.78 is 5.89. The summed E-state index contributed by atoms with van der Waals surface area (Å²) in [6.45, 7) is 4.69. The summed E-state index contributed by atoms with van der Waals surface area (Å²) in [5.74, 6) is 1.46. The molecule has 0 aromatic heterocycles. The van der Waals surface area contributed by atoms with Crippen molar-refractivity contribution in [3.05, 3.63) is 64.7 Å². The van der Waals surface area contributed by atoms with E-state index in [-0.39, 0.29) is 103 Å². The van der Waals surface area contributed by atoms with Crippen molar-refractivity contribution in [2.24, 2.45) is 0 Å². The van der Waals surface area contributed by atoms with Gasteiger partial charge >= 0.3 is 103 Å². The summed E-state index contributed by atoms with van der Waals surface area (Å²) in [7, 11) is 0. The van der Waals surface area contributed by atoms with Crippen LogP contribution in [0, 0.1) is 13.8 Å². The number of hydrogen-bond donors (Lipinski definition) is 0. The quantitative estimate of drug-likeness (QED) is 0.391. The van der Waals surface area contributed by atoms with Gasteiger partial charge in [0.05, 0.1) is 0 Å². The molecule has 0 unspecified atom stereocenters. The third-order valence-corrected chi connectivity index (χ3v) is 3.28. The number of hydrogen-bond acceptors (Lipinski definition) is 4. The largest absolute Gasteiger partial charge is 1.00 e. The number of aryl methyl sites for hydroxylation is 2. The second-order valence-electron chi connectivity index (χ2n) is 4.71. The minimum Gasteiger partial charge on any atom is -0.652 e. The van der Waals surface area contributed by atoms with Gasteiger partial charge in [0, 0.05) is 5.88 Å². The number of carbonyl (C=O) groups is 1. The molecule has 118 valence electrons. The Morgan fingerprint density at radius 3 is 2.12 bits per heavy atom. The van der Waals surface area contributed by atoms with Gasteiger partial charge in [-0.2, -0.15) is 0 Å². The molecule has 0 aliphatic rings. The smallest absolute Gasteiger partial charge is 0.652 e. The Hall–Kier alpha value is 1.07. The van der Waals surface area contributed by atoms with E-state index in [1.807, 2.05) is 18.2 Å². The van der Waals surface area contributed by atoms with Crippen LogP contribution in [0.5, 0.6) is 5.75 Å². The third kappa shape index (κ3) is 10.9. The monoisotopic (exact) mass is 398 g/mol. The average molecular weight is 399 g/mol. The van der Waals surface area contributed by atoms with Crippen LogP contribution in [0.1, 0.15) is 22.3 Å². The van der Waals surface area contributed by atoms with Crippen molar-refractivity contribution >= 4 is 17.8 Å². The van der Waals surface area contributed by atoms with Crippen molar-refractivity contribution in [1.29, 1.82) is 0 Å². The number of alkyl halides is 1. The molecule has 24 heavy (non-hydrogen) atoms. The Bertz CT molecular complexity index is 632. The molecule has 2 aromatic carbocycles. The van der Waals surface area contributed by atoms with Crippen LogP contribution in [0.15, 0.2) is 42.5 Å². The van der Waals surface area contributed by atoms with Crippen molar-refractivity contribution in [2.45, 2.75) is 26.3 Å². The Balaban J connectivity index is 0. The van der Waals surface area contributed by atoms with Crippen LogP contribution in [0.3, 0.4) is 0 Å². The molecule has 0 aliphatic heterocycles. The van der Waals surface area contributed by atoms with Gasteiger partial charge in [0.2, 0.25) is 0 Å². The van der Waals surface area contributed by atoms with Gasteiger partial charge in [-0.05, 0) is 48.3 Å². The molecule has 0 N–H and O–H groups in total. The van der Waals surface area contributed by atoms with Gasteiger partial charge in [0.25, 0.3) is 0 Å². The Morgan fingerprint density at radius 1 is 1.04 bits per heavy atom. The number of halogens is 1. The zero-order valence-corrected chi connectivity index (χ0v) is 21.5. The van der Waals surface area contributed by atoms with E-state index in [0.717, 1.165) is 22.4 Å². The third-order valence-electron chi connectivity index (χ3n) is 2.99. The van der Waals surface area contributed by atoms with E-state index >= 15 is 0 Å². The normalized spacial score (nSPS) is 8.79. The Kier molecular flexibility index (Phi) is 17.2. The predicted octanol–water partition coefficient (Wildman–Crippen LogP) is -3.82. The Morgan fingerprint density at radius 2 is 1.58 bits per heavy atom. The maximum Gasteiger partial charge on any atom is 1.00 e. The zero-order valence-electron chi connectivity index (χ0n) is 14.5. The van der Waals surface area contributed by atoms with Crippen molar-refractivity contribution in [3.63, 3.8) is 0 Å². The maximum absolute atomic E-state index is 8.33. The fourth-order valence-electron chi connectivity index (χ4n) is 1.85. The molecule has 0 heterocycles. The van der Waals surface area contributed by atoms with E-state index in [4.69, 9.17) is 31.3 Å². The van der Waals surface area contributed by atoms with Gasteiger partial charge in [-0.25, -0.2) is 0 Å². The number of rotatable bonds is 4. The van der Waals surface area contributed by atoms with E-state index in [0.29, 0.717) is 12.5 Å². The molecule has 0 atom stereocenters. The minimum atomic E-state index is -2.33. The molecule has 2 rings (SSSR count). The summed E-state index contributed by atoms with van der Waals surface area (Å²) in [4.78, 5) is 8.33. The molecule has 0 aliphatic carbocycles. The molecule has 0 spiro atoms. The van der Waals surface area contributed by atoms with Crippen molar-refractivity contribution in [2.75, 3.05) is 0 Å². The van der Waals surface area contributed by atoms with Crippen molar-refractivity contribution < 1.29 is 123 Å². The molecule has 7 heteroatoms. The summed E-state index contributed by atoms with van der Waals surface area (Å²) in [6.07, 6.45) is -2.33. The predicted molar refractivity (Wildman–Crippen MR) is 81.6 cm³/mol.